The molecule has 0 bridgehead atoms. The number of terminal acetylenes is 1. The molecule has 2 N–H and O–H groups in total. The van der Waals surface area contributed by atoms with Gasteiger partial charge in [0.25, 0.3) is 11.6 Å². The normalized spacial score (nSPS) is 11.4. The van der Waals surface area contributed by atoms with Crippen molar-refractivity contribution >= 4 is 11.6 Å². The van der Waals surface area contributed by atoms with Gasteiger partial charge in [0, 0.05) is 18.5 Å². The number of nitro groups is 1. The molecule has 1 rings (SSSR count). The van der Waals surface area contributed by atoms with Crippen molar-refractivity contribution in [3.05, 3.63) is 33.9 Å². The fourth-order valence-corrected chi connectivity index (χ4v) is 1.57. The Labute approximate surface area is 110 Å². The van der Waals surface area contributed by atoms with Crippen LogP contribution in [0.3, 0.4) is 0 Å². The molecule has 0 aliphatic carbocycles. The molecule has 0 heterocycles. The van der Waals surface area contributed by atoms with E-state index in [1.54, 1.807) is 0 Å². The summed E-state index contributed by atoms with van der Waals surface area (Å²) in [6.45, 7) is 1.85. The Kier molecular flexibility index (Phi) is 4.89. The average molecular weight is 262 g/mol. The van der Waals surface area contributed by atoms with Gasteiger partial charge in [-0.25, -0.2) is 0 Å². The van der Waals surface area contributed by atoms with Crippen molar-refractivity contribution in [1.82, 2.24) is 5.32 Å². The smallest absolute Gasteiger partial charge is 0.282 e. The minimum Gasteiger partial charge on any atom is -0.508 e. The van der Waals surface area contributed by atoms with Crippen molar-refractivity contribution in [2.75, 3.05) is 0 Å². The number of nitrogens with one attached hydrogen (secondary N) is 1. The summed E-state index contributed by atoms with van der Waals surface area (Å²) in [5.41, 5.74) is -0.536. The summed E-state index contributed by atoms with van der Waals surface area (Å²) >= 11 is 0. The van der Waals surface area contributed by atoms with Crippen LogP contribution in [0, 0.1) is 22.5 Å². The fourth-order valence-electron chi connectivity index (χ4n) is 1.57. The predicted molar refractivity (Wildman–Crippen MR) is 69.8 cm³/mol. The van der Waals surface area contributed by atoms with Gasteiger partial charge in [0.2, 0.25) is 0 Å². The van der Waals surface area contributed by atoms with E-state index in [0.717, 1.165) is 18.2 Å². The summed E-state index contributed by atoms with van der Waals surface area (Å²) < 4.78 is 0. The molecule has 1 amide bonds. The van der Waals surface area contributed by atoms with Crippen LogP contribution in [0.2, 0.25) is 0 Å². The first kappa shape index (κ1) is 14.5. The van der Waals surface area contributed by atoms with E-state index < -0.39 is 10.8 Å². The van der Waals surface area contributed by atoms with Crippen LogP contribution >= 0.6 is 0 Å². The molecule has 0 spiro atoms. The number of carbonyl (C=O) groups is 1. The summed E-state index contributed by atoms with van der Waals surface area (Å²) in [5.74, 6) is 1.60. The lowest BCUT2D eigenvalue weighted by Gasteiger charge is -2.14. The number of amides is 1. The topological polar surface area (TPSA) is 92.5 Å². The molecular weight excluding hydrogens is 248 g/mol. The van der Waals surface area contributed by atoms with Crippen LogP contribution in [0.4, 0.5) is 5.69 Å². The molecule has 1 aromatic rings. The van der Waals surface area contributed by atoms with E-state index in [4.69, 9.17) is 6.42 Å². The third kappa shape index (κ3) is 3.71. The molecule has 0 aromatic heterocycles. The van der Waals surface area contributed by atoms with E-state index >= 15 is 0 Å². The number of hydrogen-bond acceptors (Lipinski definition) is 4. The predicted octanol–water partition coefficient (Wildman–Crippen LogP) is 1.83. The van der Waals surface area contributed by atoms with Gasteiger partial charge in [-0.1, -0.05) is 6.92 Å². The molecule has 1 aromatic carbocycles. The Hall–Kier alpha value is -2.55. The Balaban J connectivity index is 3.02. The highest BCUT2D eigenvalue weighted by Gasteiger charge is 2.22. The maximum absolute atomic E-state index is 12.0. The van der Waals surface area contributed by atoms with Crippen molar-refractivity contribution in [1.29, 1.82) is 0 Å². The van der Waals surface area contributed by atoms with Gasteiger partial charge in [-0.2, -0.15) is 0 Å². The van der Waals surface area contributed by atoms with Gasteiger partial charge < -0.3 is 10.4 Å². The minimum atomic E-state index is -0.670. The standard InChI is InChI=1S/C13H14N2O4/c1-3-5-9(4-2)14-13(17)11-8-10(16)6-7-12(11)15(18)19/h1,6-9,16H,4-5H2,2H3,(H,14,17). The van der Waals surface area contributed by atoms with E-state index in [-0.39, 0.29) is 23.0 Å². The quantitative estimate of drug-likeness (QED) is 0.481. The number of carbonyl (C=O) groups excluding carboxylic acids is 1. The van der Waals surface area contributed by atoms with Crippen LogP contribution < -0.4 is 5.32 Å². The summed E-state index contributed by atoms with van der Waals surface area (Å²) in [6, 6.07) is 3.07. The highest BCUT2D eigenvalue weighted by Crippen LogP contribution is 2.23. The molecule has 19 heavy (non-hydrogen) atoms. The highest BCUT2D eigenvalue weighted by molar-refractivity contribution is 5.98. The van der Waals surface area contributed by atoms with Crippen LogP contribution in [0.25, 0.3) is 0 Å². The van der Waals surface area contributed by atoms with Crippen LogP contribution in [0.1, 0.15) is 30.1 Å². The molecule has 1 unspecified atom stereocenters. The number of phenolic OH excluding ortho intramolecular Hbond substituents is 1. The molecule has 0 radical (unpaired) electrons. The Morgan fingerprint density at radius 1 is 1.63 bits per heavy atom. The second-order valence-electron chi connectivity index (χ2n) is 3.95. The van der Waals surface area contributed by atoms with Gasteiger partial charge in [-0.05, 0) is 18.6 Å². The zero-order chi connectivity index (χ0) is 14.4. The number of rotatable bonds is 5. The van der Waals surface area contributed by atoms with Gasteiger partial charge in [0.05, 0.1) is 4.92 Å². The zero-order valence-electron chi connectivity index (χ0n) is 10.4. The van der Waals surface area contributed by atoms with Gasteiger partial charge in [0.15, 0.2) is 0 Å². The monoisotopic (exact) mass is 262 g/mol. The molecule has 100 valence electrons. The average Bonchev–Trinajstić information content (AvgIpc) is 2.37. The van der Waals surface area contributed by atoms with E-state index in [2.05, 4.69) is 11.2 Å². The first-order valence-corrected chi connectivity index (χ1v) is 5.71. The number of nitrogens with zero attached hydrogens (tertiary/aromatic N) is 1. The second kappa shape index (κ2) is 6.40. The van der Waals surface area contributed by atoms with E-state index in [9.17, 15) is 20.0 Å². The lowest BCUT2D eigenvalue weighted by Crippen LogP contribution is -2.34. The Morgan fingerprint density at radius 3 is 2.84 bits per heavy atom. The van der Waals surface area contributed by atoms with Gasteiger partial charge in [-0.15, -0.1) is 12.3 Å². The zero-order valence-corrected chi connectivity index (χ0v) is 10.4. The molecule has 0 aliphatic heterocycles. The lowest BCUT2D eigenvalue weighted by molar-refractivity contribution is -0.385. The van der Waals surface area contributed by atoms with Crippen LogP contribution in [-0.4, -0.2) is 22.0 Å². The number of phenols is 1. The largest absolute Gasteiger partial charge is 0.508 e. The highest BCUT2D eigenvalue weighted by atomic mass is 16.6. The van der Waals surface area contributed by atoms with E-state index in [1.807, 2.05) is 6.92 Å². The number of aromatic hydroxyl groups is 1. The second-order valence-corrected chi connectivity index (χ2v) is 3.95. The van der Waals surface area contributed by atoms with Crippen molar-refractivity contribution in [3.63, 3.8) is 0 Å². The summed E-state index contributed by atoms with van der Waals surface area (Å²) in [4.78, 5) is 22.1. The third-order valence-corrected chi connectivity index (χ3v) is 2.61. The van der Waals surface area contributed by atoms with Crippen LogP contribution in [0.15, 0.2) is 18.2 Å². The maximum Gasteiger partial charge on any atom is 0.282 e. The maximum atomic E-state index is 12.0. The van der Waals surface area contributed by atoms with Crippen molar-refractivity contribution in [3.8, 4) is 18.1 Å². The van der Waals surface area contributed by atoms with E-state index in [1.165, 1.54) is 0 Å². The summed E-state index contributed by atoms with van der Waals surface area (Å²) in [6.07, 6.45) is 6.13. The lowest BCUT2D eigenvalue weighted by atomic mass is 10.1. The SMILES string of the molecule is C#CCC(CC)NC(=O)c1cc(O)ccc1[N+](=O)[O-]. The van der Waals surface area contributed by atoms with Gasteiger partial charge >= 0.3 is 0 Å². The Morgan fingerprint density at radius 2 is 2.32 bits per heavy atom. The van der Waals surface area contributed by atoms with Crippen LogP contribution in [-0.2, 0) is 0 Å². The minimum absolute atomic E-state index is 0.180. The molecule has 6 heteroatoms. The number of nitro benzene ring substituents is 1. The molecule has 0 saturated carbocycles. The van der Waals surface area contributed by atoms with Crippen molar-refractivity contribution in [2.24, 2.45) is 0 Å². The molecule has 6 nitrogen and oxygen atoms in total. The van der Waals surface area contributed by atoms with Crippen molar-refractivity contribution < 1.29 is 14.8 Å². The molecule has 0 saturated heterocycles. The van der Waals surface area contributed by atoms with Gasteiger partial charge in [-0.3, -0.25) is 14.9 Å². The Bertz CT molecular complexity index is 534. The van der Waals surface area contributed by atoms with Gasteiger partial charge in [0.1, 0.15) is 11.3 Å². The molecule has 0 fully saturated rings. The van der Waals surface area contributed by atoms with Crippen molar-refractivity contribution in [2.45, 2.75) is 25.8 Å². The van der Waals surface area contributed by atoms with Crippen LogP contribution in [0.5, 0.6) is 5.75 Å². The van der Waals surface area contributed by atoms with E-state index in [0.29, 0.717) is 12.8 Å². The molecular formula is C13H14N2O4. The first-order valence-electron chi connectivity index (χ1n) is 5.71. The summed E-state index contributed by atoms with van der Waals surface area (Å²) in [7, 11) is 0. The fraction of sp³-hybridized carbons (Fsp3) is 0.308. The molecule has 0 aliphatic rings. The number of benzene rings is 1. The summed E-state index contributed by atoms with van der Waals surface area (Å²) in [5, 5.41) is 22.8. The molecule has 1 atom stereocenters. The number of hydrogen-bond donors (Lipinski definition) is 2. The third-order valence-electron chi connectivity index (χ3n) is 2.61. The first-order chi connectivity index (χ1) is 8.99.